The Kier molecular flexibility index (Phi) is 5.23. The monoisotopic (exact) mass is 238 g/mol. The fraction of sp³-hybridized carbons (Fsp3) is 0.714. The molecular weight excluding hydrogens is 224 g/mol. The summed E-state index contributed by atoms with van der Waals surface area (Å²) in [4.78, 5) is 21.3. The van der Waals surface area contributed by atoms with E-state index in [1.165, 1.54) is 0 Å². The number of sulfone groups is 1. The van der Waals surface area contributed by atoms with Crippen molar-refractivity contribution < 1.29 is 23.1 Å². The van der Waals surface area contributed by atoms with E-state index in [4.69, 9.17) is 10.8 Å². The maximum atomic E-state index is 11.1. The molecule has 0 radical (unpaired) electrons. The maximum absolute atomic E-state index is 11.1. The number of carboxylic acids is 1. The summed E-state index contributed by atoms with van der Waals surface area (Å²) in [7, 11) is -3.14. The molecule has 0 aliphatic carbocycles. The van der Waals surface area contributed by atoms with Gasteiger partial charge in [-0.2, -0.15) is 0 Å². The number of nitrogens with one attached hydrogen (secondary N) is 1. The summed E-state index contributed by atoms with van der Waals surface area (Å²) in [5.41, 5.74) is 5.23. The highest BCUT2D eigenvalue weighted by Crippen LogP contribution is 1.88. The van der Waals surface area contributed by atoms with Crippen LogP contribution in [0.1, 0.15) is 6.42 Å². The number of aliphatic carboxylic acids is 1. The molecule has 0 saturated carbocycles. The molecule has 88 valence electrons. The van der Waals surface area contributed by atoms with Crippen LogP contribution in [-0.4, -0.2) is 50.0 Å². The Balaban J connectivity index is 3.89. The lowest BCUT2D eigenvalue weighted by atomic mass is 10.2. The van der Waals surface area contributed by atoms with Crippen LogP contribution >= 0.6 is 0 Å². The standard InChI is InChI=1S/C7H14N2O5S/c1-15(13,14)3-2-9-7(12)5(8)4-6(10)11/h5H,2-4,8H2,1H3,(H,9,12)(H,10,11). The molecule has 0 aromatic heterocycles. The highest BCUT2D eigenvalue weighted by atomic mass is 32.2. The highest BCUT2D eigenvalue weighted by molar-refractivity contribution is 7.90. The molecule has 7 nitrogen and oxygen atoms in total. The molecule has 1 unspecified atom stereocenters. The smallest absolute Gasteiger partial charge is 0.305 e. The molecule has 0 fully saturated rings. The quantitative estimate of drug-likeness (QED) is 0.489. The molecule has 15 heavy (non-hydrogen) atoms. The number of hydrogen-bond donors (Lipinski definition) is 3. The summed E-state index contributed by atoms with van der Waals surface area (Å²) in [6, 6.07) is -1.15. The highest BCUT2D eigenvalue weighted by Gasteiger charge is 2.16. The van der Waals surface area contributed by atoms with Gasteiger partial charge >= 0.3 is 5.97 Å². The molecule has 4 N–H and O–H groups in total. The van der Waals surface area contributed by atoms with E-state index in [1.54, 1.807) is 0 Å². The van der Waals surface area contributed by atoms with Crippen molar-refractivity contribution in [2.75, 3.05) is 18.6 Å². The predicted molar refractivity (Wildman–Crippen MR) is 52.9 cm³/mol. The summed E-state index contributed by atoms with van der Waals surface area (Å²) in [5, 5.41) is 10.6. The summed E-state index contributed by atoms with van der Waals surface area (Å²) < 4.78 is 21.4. The van der Waals surface area contributed by atoms with Crippen molar-refractivity contribution in [1.29, 1.82) is 0 Å². The van der Waals surface area contributed by atoms with Gasteiger partial charge in [0.25, 0.3) is 0 Å². The molecule has 0 aliphatic rings. The molecule has 0 heterocycles. The van der Waals surface area contributed by atoms with E-state index >= 15 is 0 Å². The Bertz CT molecular complexity index is 337. The van der Waals surface area contributed by atoms with E-state index in [2.05, 4.69) is 5.32 Å². The van der Waals surface area contributed by atoms with Gasteiger partial charge in [0.15, 0.2) is 0 Å². The molecule has 0 saturated heterocycles. The molecule has 1 amide bonds. The fourth-order valence-electron chi connectivity index (χ4n) is 0.772. The van der Waals surface area contributed by atoms with Gasteiger partial charge in [-0.3, -0.25) is 9.59 Å². The van der Waals surface area contributed by atoms with Crippen LogP contribution in [0.15, 0.2) is 0 Å². The average Bonchev–Trinajstić information content (AvgIpc) is 2.00. The fourth-order valence-corrected chi connectivity index (χ4v) is 1.24. The second-order valence-electron chi connectivity index (χ2n) is 3.13. The van der Waals surface area contributed by atoms with Crippen LogP contribution in [0.3, 0.4) is 0 Å². The van der Waals surface area contributed by atoms with Crippen molar-refractivity contribution in [2.45, 2.75) is 12.5 Å². The van der Waals surface area contributed by atoms with Crippen molar-refractivity contribution in [3.63, 3.8) is 0 Å². The first-order valence-electron chi connectivity index (χ1n) is 4.15. The zero-order valence-electron chi connectivity index (χ0n) is 8.26. The number of carbonyl (C=O) groups is 2. The summed E-state index contributed by atoms with van der Waals surface area (Å²) in [5.74, 6) is -2.04. The van der Waals surface area contributed by atoms with Gasteiger partial charge in [0, 0.05) is 12.8 Å². The van der Waals surface area contributed by atoms with Crippen molar-refractivity contribution in [1.82, 2.24) is 5.32 Å². The minimum Gasteiger partial charge on any atom is -0.481 e. The van der Waals surface area contributed by atoms with Gasteiger partial charge in [-0.15, -0.1) is 0 Å². The minimum absolute atomic E-state index is 0.0645. The van der Waals surface area contributed by atoms with Crippen LogP contribution in [0.4, 0.5) is 0 Å². The van der Waals surface area contributed by atoms with Gasteiger partial charge in [-0.25, -0.2) is 8.42 Å². The lowest BCUT2D eigenvalue weighted by Gasteiger charge is -2.09. The van der Waals surface area contributed by atoms with Gasteiger partial charge in [0.05, 0.1) is 18.2 Å². The van der Waals surface area contributed by atoms with E-state index in [-0.39, 0.29) is 12.3 Å². The molecule has 8 heteroatoms. The molecule has 0 aliphatic heterocycles. The van der Waals surface area contributed by atoms with E-state index in [0.29, 0.717) is 0 Å². The Morgan fingerprint density at radius 2 is 2.00 bits per heavy atom. The van der Waals surface area contributed by atoms with Crippen LogP contribution in [0.5, 0.6) is 0 Å². The van der Waals surface area contributed by atoms with E-state index in [9.17, 15) is 18.0 Å². The van der Waals surface area contributed by atoms with Gasteiger partial charge < -0.3 is 16.2 Å². The summed E-state index contributed by atoms with van der Waals surface area (Å²) in [6.07, 6.45) is 0.557. The summed E-state index contributed by atoms with van der Waals surface area (Å²) in [6.45, 7) is -0.0645. The number of amides is 1. The van der Waals surface area contributed by atoms with Crippen molar-refractivity contribution in [2.24, 2.45) is 5.73 Å². The largest absolute Gasteiger partial charge is 0.481 e. The van der Waals surface area contributed by atoms with Crippen LogP contribution < -0.4 is 11.1 Å². The first kappa shape index (κ1) is 13.8. The zero-order chi connectivity index (χ0) is 12.1. The zero-order valence-corrected chi connectivity index (χ0v) is 9.08. The predicted octanol–water partition coefficient (Wildman–Crippen LogP) is -2.05. The molecule has 0 rings (SSSR count). The first-order valence-corrected chi connectivity index (χ1v) is 6.21. The van der Waals surface area contributed by atoms with Crippen molar-refractivity contribution >= 4 is 21.7 Å². The third-order valence-electron chi connectivity index (χ3n) is 1.50. The van der Waals surface area contributed by atoms with Crippen LogP contribution in [0.25, 0.3) is 0 Å². The Labute approximate surface area is 87.6 Å². The molecule has 0 aromatic rings. The van der Waals surface area contributed by atoms with Crippen molar-refractivity contribution in [3.05, 3.63) is 0 Å². The average molecular weight is 238 g/mol. The second kappa shape index (κ2) is 5.66. The number of carboxylic acid groups (broad SMARTS) is 1. The first-order chi connectivity index (χ1) is 6.72. The van der Waals surface area contributed by atoms with Gasteiger partial charge in [0.2, 0.25) is 5.91 Å². The normalized spacial score (nSPS) is 13.2. The number of nitrogens with two attached hydrogens (primary N) is 1. The molecule has 0 bridgehead atoms. The lowest BCUT2D eigenvalue weighted by molar-refractivity contribution is -0.139. The molecule has 0 aromatic carbocycles. The lowest BCUT2D eigenvalue weighted by Crippen LogP contribution is -2.43. The SMILES string of the molecule is CS(=O)(=O)CCNC(=O)C(N)CC(=O)O. The third-order valence-corrected chi connectivity index (χ3v) is 2.45. The van der Waals surface area contributed by atoms with Gasteiger partial charge in [-0.05, 0) is 0 Å². The third kappa shape index (κ3) is 7.89. The number of rotatable bonds is 6. The van der Waals surface area contributed by atoms with Crippen LogP contribution in [-0.2, 0) is 19.4 Å². The van der Waals surface area contributed by atoms with E-state index in [0.717, 1.165) is 6.26 Å². The summed E-state index contributed by atoms with van der Waals surface area (Å²) >= 11 is 0. The van der Waals surface area contributed by atoms with Crippen molar-refractivity contribution in [3.8, 4) is 0 Å². The van der Waals surface area contributed by atoms with Crippen LogP contribution in [0.2, 0.25) is 0 Å². The van der Waals surface area contributed by atoms with Gasteiger partial charge in [0.1, 0.15) is 9.84 Å². The minimum atomic E-state index is -3.14. The molecular formula is C7H14N2O5S. The van der Waals surface area contributed by atoms with Gasteiger partial charge in [-0.1, -0.05) is 0 Å². The number of hydrogen-bond acceptors (Lipinski definition) is 5. The topological polar surface area (TPSA) is 127 Å². The maximum Gasteiger partial charge on any atom is 0.305 e. The molecule has 0 spiro atoms. The Hall–Kier alpha value is -1.15. The Morgan fingerprint density at radius 1 is 1.47 bits per heavy atom. The van der Waals surface area contributed by atoms with E-state index in [1.807, 2.05) is 0 Å². The van der Waals surface area contributed by atoms with E-state index < -0.39 is 34.2 Å². The Morgan fingerprint density at radius 3 is 2.40 bits per heavy atom. The number of carbonyl (C=O) groups excluding carboxylic acids is 1. The second-order valence-corrected chi connectivity index (χ2v) is 5.39. The van der Waals surface area contributed by atoms with Crippen LogP contribution in [0, 0.1) is 0 Å². The molecule has 1 atom stereocenters.